The molecular formula is C43H64O8. The lowest BCUT2D eigenvalue weighted by Gasteiger charge is -2.64. The van der Waals surface area contributed by atoms with Crippen molar-refractivity contribution in [2.45, 2.75) is 175 Å². The van der Waals surface area contributed by atoms with Crippen LogP contribution in [0.5, 0.6) is 0 Å². The number of fused-ring (bicyclic) bond motifs is 6. The van der Waals surface area contributed by atoms with E-state index in [9.17, 15) is 29.4 Å². The zero-order valence-corrected chi connectivity index (χ0v) is 32.2. The van der Waals surface area contributed by atoms with Gasteiger partial charge in [-0.05, 0) is 174 Å². The Morgan fingerprint density at radius 2 is 0.922 bits per heavy atom. The smallest absolute Gasteiger partial charge is 0.317 e. The summed E-state index contributed by atoms with van der Waals surface area (Å²) in [5.74, 6) is -0.640. The third kappa shape index (κ3) is 4.74. The number of carboxylic acids is 2. The molecule has 4 bridgehead atoms. The first-order valence-electron chi connectivity index (χ1n) is 20.7. The minimum Gasteiger partial charge on any atom is -0.481 e. The molecule has 8 nitrogen and oxygen atoms in total. The van der Waals surface area contributed by atoms with Crippen LogP contribution < -0.4 is 0 Å². The van der Waals surface area contributed by atoms with Crippen LogP contribution in [-0.2, 0) is 28.7 Å². The van der Waals surface area contributed by atoms with E-state index in [1.54, 1.807) is 0 Å². The number of hydrogen-bond donors (Lipinski definition) is 2. The fourth-order valence-corrected chi connectivity index (χ4v) is 17.0. The van der Waals surface area contributed by atoms with Gasteiger partial charge in [0.2, 0.25) is 0 Å². The van der Waals surface area contributed by atoms with Gasteiger partial charge in [0.1, 0.15) is 17.6 Å². The van der Waals surface area contributed by atoms with Gasteiger partial charge in [-0.2, -0.15) is 0 Å². The van der Waals surface area contributed by atoms with E-state index in [1.807, 2.05) is 13.8 Å². The second-order valence-corrected chi connectivity index (χ2v) is 21.1. The van der Waals surface area contributed by atoms with E-state index < -0.39 is 45.9 Å². The Morgan fingerprint density at radius 1 is 0.549 bits per heavy atom. The summed E-state index contributed by atoms with van der Waals surface area (Å²) in [6.07, 6.45) is 16.1. The van der Waals surface area contributed by atoms with E-state index in [1.165, 1.54) is 0 Å². The van der Waals surface area contributed by atoms with E-state index in [4.69, 9.17) is 9.47 Å². The average Bonchev–Trinajstić information content (AvgIpc) is 3.35. The molecule has 8 aliphatic carbocycles. The molecule has 0 aliphatic heterocycles. The molecule has 0 heterocycles. The molecule has 0 aromatic rings. The van der Waals surface area contributed by atoms with Gasteiger partial charge in [0.25, 0.3) is 0 Å². The van der Waals surface area contributed by atoms with E-state index in [2.05, 4.69) is 27.7 Å². The number of hydrogen-bond acceptors (Lipinski definition) is 6. The van der Waals surface area contributed by atoms with E-state index in [0.29, 0.717) is 11.8 Å². The molecule has 14 atom stereocenters. The highest BCUT2D eigenvalue weighted by Crippen LogP contribution is 2.75. The Balaban J connectivity index is 0.934. The van der Waals surface area contributed by atoms with Crippen LogP contribution in [0.4, 0.5) is 0 Å². The number of carbonyl (C=O) groups is 4. The Labute approximate surface area is 304 Å². The first-order valence-corrected chi connectivity index (χ1v) is 20.7. The first kappa shape index (κ1) is 35.9. The number of rotatable bonds is 6. The predicted octanol–water partition coefficient (Wildman–Crippen LogP) is 8.98. The number of ether oxygens (including phenoxy) is 2. The normalized spacial score (nSPS) is 53.8. The molecule has 0 amide bonds. The van der Waals surface area contributed by atoms with E-state index in [0.717, 1.165) is 116 Å². The maximum absolute atomic E-state index is 13.7. The molecule has 2 N–H and O–H groups in total. The fraction of sp³-hybridized carbons (Fsp3) is 0.907. The lowest BCUT2D eigenvalue weighted by molar-refractivity contribution is -0.199. The molecule has 2 spiro atoms. The van der Waals surface area contributed by atoms with Crippen LogP contribution in [0.1, 0.15) is 164 Å². The zero-order valence-electron chi connectivity index (χ0n) is 32.2. The summed E-state index contributed by atoms with van der Waals surface area (Å²) in [5.41, 5.74) is -2.42. The third-order valence-electron chi connectivity index (χ3n) is 19.0. The molecule has 0 saturated heterocycles. The van der Waals surface area contributed by atoms with Crippen molar-refractivity contribution in [1.82, 2.24) is 0 Å². The number of aliphatic carboxylic acids is 2. The molecule has 0 unspecified atom stereocenters. The number of carbonyl (C=O) groups excluding carboxylic acids is 2. The summed E-state index contributed by atoms with van der Waals surface area (Å²) in [5, 5.41) is 20.6. The first-order chi connectivity index (χ1) is 23.8. The molecule has 8 fully saturated rings. The Hall–Kier alpha value is -2.12. The van der Waals surface area contributed by atoms with Gasteiger partial charge in [0, 0.05) is 0 Å². The Morgan fingerprint density at radius 3 is 1.29 bits per heavy atom. The van der Waals surface area contributed by atoms with Crippen molar-refractivity contribution >= 4 is 23.9 Å². The van der Waals surface area contributed by atoms with Crippen molar-refractivity contribution < 1.29 is 38.9 Å². The van der Waals surface area contributed by atoms with E-state index >= 15 is 0 Å². The van der Waals surface area contributed by atoms with Crippen LogP contribution in [0.3, 0.4) is 0 Å². The Kier molecular flexibility index (Phi) is 7.89. The van der Waals surface area contributed by atoms with Gasteiger partial charge in [-0.1, -0.05) is 40.5 Å². The fourth-order valence-electron chi connectivity index (χ4n) is 17.0. The second-order valence-electron chi connectivity index (χ2n) is 21.1. The van der Waals surface area contributed by atoms with Crippen LogP contribution in [0, 0.1) is 68.0 Å². The molecule has 8 saturated carbocycles. The van der Waals surface area contributed by atoms with Crippen LogP contribution >= 0.6 is 0 Å². The highest BCUT2D eigenvalue weighted by molar-refractivity contribution is 5.91. The van der Waals surface area contributed by atoms with Crippen molar-refractivity contribution in [1.29, 1.82) is 0 Å². The summed E-state index contributed by atoms with van der Waals surface area (Å²) < 4.78 is 12.9. The maximum atomic E-state index is 13.7. The largest absolute Gasteiger partial charge is 0.481 e. The lowest BCUT2D eigenvalue weighted by atomic mass is 9.41. The molecule has 8 rings (SSSR count). The summed E-state index contributed by atoms with van der Waals surface area (Å²) in [6.45, 7) is 13.1. The van der Waals surface area contributed by atoms with Gasteiger partial charge < -0.3 is 19.7 Å². The molecule has 284 valence electrons. The average molecular weight is 709 g/mol. The van der Waals surface area contributed by atoms with Crippen LogP contribution in [0.2, 0.25) is 0 Å². The van der Waals surface area contributed by atoms with Crippen molar-refractivity contribution in [2.24, 2.45) is 68.0 Å². The molecular weight excluding hydrogens is 644 g/mol. The van der Waals surface area contributed by atoms with Gasteiger partial charge in [0.05, 0.1) is 10.8 Å². The van der Waals surface area contributed by atoms with Gasteiger partial charge in [-0.25, -0.2) is 0 Å². The van der Waals surface area contributed by atoms with Crippen molar-refractivity contribution in [2.75, 3.05) is 0 Å². The molecule has 8 heteroatoms. The van der Waals surface area contributed by atoms with E-state index in [-0.39, 0.29) is 51.8 Å². The SMILES string of the molecule is C[C@@H]1C[C@]23CC[C@@H]4[C@](C)(CCC[C@]4(C)C(=O)O)[C@H]2CC[C@@]1(OC(=O)CC(=O)O[C@]12CC[C@@H]4[C@](CC[C@H]5[C@@]4(C)CCC[C@@]5(C)C(=O)O)(C[C@@H]1C)C2)C3. The molecule has 0 radical (unpaired) electrons. The van der Waals surface area contributed by atoms with Gasteiger partial charge in [0.15, 0.2) is 0 Å². The maximum Gasteiger partial charge on any atom is 0.317 e. The predicted molar refractivity (Wildman–Crippen MR) is 190 cm³/mol. The zero-order chi connectivity index (χ0) is 36.6. The van der Waals surface area contributed by atoms with Gasteiger partial charge >= 0.3 is 23.9 Å². The van der Waals surface area contributed by atoms with Crippen LogP contribution in [0.15, 0.2) is 0 Å². The van der Waals surface area contributed by atoms with Crippen LogP contribution in [-0.4, -0.2) is 45.3 Å². The molecule has 0 aromatic carbocycles. The Bertz CT molecular complexity index is 1410. The highest BCUT2D eigenvalue weighted by Gasteiger charge is 2.71. The number of carboxylic acid groups (broad SMARTS) is 2. The van der Waals surface area contributed by atoms with Crippen molar-refractivity contribution in [3.8, 4) is 0 Å². The summed E-state index contributed by atoms with van der Waals surface area (Å²) >= 11 is 0. The molecule has 51 heavy (non-hydrogen) atoms. The number of esters is 2. The minimum absolute atomic E-state index is 0.0229. The summed E-state index contributed by atoms with van der Waals surface area (Å²) in [4.78, 5) is 52.5. The lowest BCUT2D eigenvalue weighted by Crippen LogP contribution is -2.59. The monoisotopic (exact) mass is 708 g/mol. The molecule has 8 aliphatic rings. The van der Waals surface area contributed by atoms with Crippen LogP contribution in [0.25, 0.3) is 0 Å². The van der Waals surface area contributed by atoms with Gasteiger partial charge in [-0.15, -0.1) is 0 Å². The van der Waals surface area contributed by atoms with Crippen molar-refractivity contribution in [3.05, 3.63) is 0 Å². The summed E-state index contributed by atoms with van der Waals surface area (Å²) in [6, 6.07) is 0. The third-order valence-corrected chi connectivity index (χ3v) is 19.0. The van der Waals surface area contributed by atoms with Gasteiger partial charge in [-0.3, -0.25) is 19.2 Å². The minimum atomic E-state index is -0.676. The second kappa shape index (κ2) is 11.2. The quantitative estimate of drug-likeness (QED) is 0.207. The molecule has 0 aromatic heterocycles. The summed E-state index contributed by atoms with van der Waals surface area (Å²) in [7, 11) is 0. The van der Waals surface area contributed by atoms with Crippen molar-refractivity contribution in [3.63, 3.8) is 0 Å². The standard InChI is InChI=1S/C43H64O8/c1-26-22-40-17-9-28-36(3,13-7-15-38(28,5)34(46)47)30(40)11-19-42(26,24-40)50-32(44)21-33(45)51-43-20-12-31-37(4)14-8-16-39(6,35(48)49)29(37)10-18-41(31,25-43)23-27(43)2/h26-31H,7-25H2,1-6H3,(H,46,47)(H,48,49)/t26-,27+,28-,29+,30-,31+,36+,37-,38+,39-,40+,41-,42-,43+. The topological polar surface area (TPSA) is 127 Å². The highest BCUT2D eigenvalue weighted by atomic mass is 16.6.